The molecule has 0 unspecified atom stereocenters. The minimum absolute atomic E-state index is 1.21. The number of rotatable bonds is 0. The number of carbonyl (C=O) groups excluding carboxylic acids is 1. The minimum Gasteiger partial charge on any atom is -0.201 e. The molecule has 0 heterocycles. The van der Waals surface area contributed by atoms with Gasteiger partial charge in [-0.3, -0.25) is 0 Å². The molecule has 22 valence electrons. The second kappa shape index (κ2) is 2.18. The summed E-state index contributed by atoms with van der Waals surface area (Å²) in [4.78, 5) is 8.81. The topological polar surface area (TPSA) is 57.1 Å². The van der Waals surface area contributed by atoms with Crippen molar-refractivity contribution in [1.82, 2.24) is 0 Å². The van der Waals surface area contributed by atoms with Gasteiger partial charge in [0.15, 0.2) is 0 Å². The van der Waals surface area contributed by atoms with Crippen LogP contribution in [0.15, 0.2) is 0 Å². The molecular formula is CH3N2O+. The Kier molecular flexibility index (Phi) is 1.73. The molecule has 0 aromatic heterocycles. The molecule has 0 saturated carbocycles. The molecule has 0 rings (SSSR count). The first-order chi connectivity index (χ1) is 1.91. The summed E-state index contributed by atoms with van der Waals surface area (Å²) in [6.07, 6.45) is 1.21. The molecule has 4 heavy (non-hydrogen) atoms. The quantitative estimate of drug-likeness (QED) is 0.138. The van der Waals surface area contributed by atoms with Crippen molar-refractivity contribution in [3.05, 3.63) is 0 Å². The molecule has 0 atom stereocenters. The van der Waals surface area contributed by atoms with E-state index in [1.54, 1.807) is 5.10 Å². The largest absolute Gasteiger partial charge is 0.453 e. The smallest absolute Gasteiger partial charge is 0.201 e. The van der Waals surface area contributed by atoms with Crippen LogP contribution in [-0.4, -0.2) is 6.08 Å². The molecule has 0 radical (unpaired) electrons. The molecule has 0 bridgehead atoms. The van der Waals surface area contributed by atoms with Crippen LogP contribution >= 0.6 is 0 Å². The van der Waals surface area contributed by atoms with Crippen LogP contribution in [0.5, 0.6) is 0 Å². The zero-order valence-corrected chi connectivity index (χ0v) is 1.99. The van der Waals surface area contributed by atoms with Crippen LogP contribution in [0, 0.1) is 0 Å². The van der Waals surface area contributed by atoms with Crippen molar-refractivity contribution in [1.29, 1.82) is 0 Å². The first-order valence-electron chi connectivity index (χ1n) is 0.743. The highest BCUT2D eigenvalue weighted by Gasteiger charge is 1.39. The van der Waals surface area contributed by atoms with Gasteiger partial charge in [0.25, 0.3) is 0 Å². The molecule has 0 aliphatic carbocycles. The normalized spacial score (nSPS) is 4.00. The zero-order valence-electron chi connectivity index (χ0n) is 1.99. The predicted octanol–water partition coefficient (Wildman–Crippen LogP) is -2.72. The lowest BCUT2D eigenvalue weighted by molar-refractivity contribution is -0.466. The first kappa shape index (κ1) is 3.18. The van der Waals surface area contributed by atoms with Crippen LogP contribution in [0.1, 0.15) is 0 Å². The Labute approximate surface area is 23.1 Å². The molecule has 0 aliphatic heterocycles. The van der Waals surface area contributed by atoms with Crippen molar-refractivity contribution in [2.24, 2.45) is 5.84 Å². The first-order valence-corrected chi connectivity index (χ1v) is 0.743. The molecule has 3 heteroatoms. The number of hydrogen-bond donors (Lipinski definition) is 2. The highest BCUT2D eigenvalue weighted by molar-refractivity contribution is 5.22. The number of nitrogens with two attached hydrogens (primary N) is 1. The van der Waals surface area contributed by atoms with E-state index < -0.39 is 0 Å². The Hall–Kier alpha value is -0.820. The van der Waals surface area contributed by atoms with Crippen molar-refractivity contribution >= 4 is 6.08 Å². The van der Waals surface area contributed by atoms with Gasteiger partial charge in [-0.1, -0.05) is 5.10 Å². The summed E-state index contributed by atoms with van der Waals surface area (Å²) in [5.74, 6) is 4.35. The zero-order chi connectivity index (χ0) is 3.41. The maximum atomic E-state index is 8.81. The fourth-order valence-corrected chi connectivity index (χ4v) is 0. The molecule has 0 aromatic rings. The fraction of sp³-hybridized carbons (Fsp3) is 0. The summed E-state index contributed by atoms with van der Waals surface area (Å²) in [7, 11) is 0. The molecule has 0 aromatic carbocycles. The fourth-order valence-electron chi connectivity index (χ4n) is 0. The van der Waals surface area contributed by atoms with Gasteiger partial charge in [0.05, 0.1) is 0 Å². The molecular weight excluding hydrogens is 56.0 g/mol. The van der Waals surface area contributed by atoms with Gasteiger partial charge in [0.2, 0.25) is 0 Å². The summed E-state index contributed by atoms with van der Waals surface area (Å²) < 4.78 is 0. The number of hydrazone groups is 1. The summed E-state index contributed by atoms with van der Waals surface area (Å²) in [6.45, 7) is 0. The van der Waals surface area contributed by atoms with Crippen LogP contribution in [0.2, 0.25) is 0 Å². The van der Waals surface area contributed by atoms with Crippen molar-refractivity contribution in [2.75, 3.05) is 0 Å². The van der Waals surface area contributed by atoms with Crippen LogP contribution in [0.3, 0.4) is 0 Å². The van der Waals surface area contributed by atoms with Gasteiger partial charge in [0.1, 0.15) is 0 Å². The van der Waals surface area contributed by atoms with E-state index >= 15 is 0 Å². The summed E-state index contributed by atoms with van der Waals surface area (Å²) >= 11 is 0. The third-order valence-corrected chi connectivity index (χ3v) is 0.0589. The lowest BCUT2D eigenvalue weighted by atomic mass is 11.6. The number of hydrogen-bond acceptors (Lipinski definition) is 2. The third kappa shape index (κ3) is 1.18. The minimum atomic E-state index is 1.21. The monoisotopic (exact) mass is 59.0 g/mol. The van der Waals surface area contributed by atoms with E-state index in [0.29, 0.717) is 0 Å². The highest BCUT2D eigenvalue weighted by Crippen LogP contribution is 0.637. The van der Waals surface area contributed by atoms with E-state index in [1.165, 1.54) is 6.08 Å². The molecule has 0 saturated heterocycles. The highest BCUT2D eigenvalue weighted by atomic mass is 16.1. The number of hydrazine groups is 1. The van der Waals surface area contributed by atoms with Crippen molar-refractivity contribution < 1.29 is 9.90 Å². The standard InChI is InChI=1S/CH2N2O/c2-3-1-4/h2H2/p+1. The van der Waals surface area contributed by atoms with Crippen molar-refractivity contribution in [3.63, 3.8) is 0 Å². The van der Waals surface area contributed by atoms with Gasteiger partial charge in [-0.2, -0.15) is 4.79 Å². The lowest BCUT2D eigenvalue weighted by Crippen LogP contribution is -2.75. The molecule has 0 spiro atoms. The van der Waals surface area contributed by atoms with Gasteiger partial charge in [0, 0.05) is 0 Å². The van der Waals surface area contributed by atoms with Crippen LogP contribution < -0.4 is 10.9 Å². The SMILES string of the molecule is N[NH+]=C=O. The predicted molar refractivity (Wildman–Crippen MR) is 10.8 cm³/mol. The van der Waals surface area contributed by atoms with E-state index in [-0.39, 0.29) is 0 Å². The second-order valence-corrected chi connectivity index (χ2v) is 0.246. The molecule has 0 aliphatic rings. The van der Waals surface area contributed by atoms with Crippen molar-refractivity contribution in [3.8, 4) is 0 Å². The molecule has 0 fully saturated rings. The number of nitrogens with one attached hydrogen (secondary N) is 1. The molecule has 0 amide bonds. The lowest BCUT2D eigenvalue weighted by Gasteiger charge is -1.32. The van der Waals surface area contributed by atoms with Gasteiger partial charge >= 0.3 is 6.08 Å². The van der Waals surface area contributed by atoms with E-state index in [9.17, 15) is 0 Å². The third-order valence-electron chi connectivity index (χ3n) is 0.0589. The van der Waals surface area contributed by atoms with E-state index in [1.807, 2.05) is 0 Å². The van der Waals surface area contributed by atoms with Crippen LogP contribution in [0.25, 0.3) is 0 Å². The maximum Gasteiger partial charge on any atom is 0.453 e. The second-order valence-electron chi connectivity index (χ2n) is 0.246. The Morgan fingerprint density at radius 3 is 2.25 bits per heavy atom. The van der Waals surface area contributed by atoms with Gasteiger partial charge in [-0.25, -0.2) is 5.84 Å². The Morgan fingerprint density at radius 1 is 2.00 bits per heavy atom. The number of isocyanates is 1. The summed E-state index contributed by atoms with van der Waals surface area (Å²) in [5.41, 5.74) is 0. The molecule has 3 nitrogen and oxygen atoms in total. The summed E-state index contributed by atoms with van der Waals surface area (Å²) in [6, 6.07) is 0. The van der Waals surface area contributed by atoms with E-state index in [2.05, 4.69) is 5.84 Å². The Balaban J connectivity index is 3.11. The van der Waals surface area contributed by atoms with Gasteiger partial charge in [-0.05, 0) is 0 Å². The van der Waals surface area contributed by atoms with Crippen LogP contribution in [0.4, 0.5) is 0 Å². The van der Waals surface area contributed by atoms with E-state index in [4.69, 9.17) is 4.79 Å². The van der Waals surface area contributed by atoms with Crippen molar-refractivity contribution in [2.45, 2.75) is 0 Å². The summed E-state index contributed by atoms with van der Waals surface area (Å²) in [5, 5.41) is 1.62. The van der Waals surface area contributed by atoms with E-state index in [0.717, 1.165) is 0 Å². The Morgan fingerprint density at radius 2 is 2.25 bits per heavy atom. The maximum absolute atomic E-state index is 8.81. The average Bonchev–Trinajstić information content (AvgIpc) is 1.37. The van der Waals surface area contributed by atoms with Gasteiger partial charge < -0.3 is 0 Å². The average molecular weight is 59.0 g/mol. The van der Waals surface area contributed by atoms with Gasteiger partial charge in [-0.15, -0.1) is 0 Å². The molecule has 3 N–H and O–H groups in total. The Bertz CT molecular complexity index is 44.0. The van der Waals surface area contributed by atoms with Crippen LogP contribution in [-0.2, 0) is 4.79 Å².